The minimum Gasteiger partial charge on any atom is -0.378 e. The van der Waals surface area contributed by atoms with Gasteiger partial charge in [0.25, 0.3) is 0 Å². The number of ether oxygens (including phenoxy) is 1. The summed E-state index contributed by atoms with van der Waals surface area (Å²) in [7, 11) is 1.82. The minimum atomic E-state index is 0.116. The van der Waals surface area contributed by atoms with Crippen LogP contribution >= 0.6 is 0 Å². The normalized spacial score (nSPS) is 20.7. The number of hydrazine groups is 1. The van der Waals surface area contributed by atoms with Crippen LogP contribution in [0.1, 0.15) is 44.9 Å². The van der Waals surface area contributed by atoms with Crippen molar-refractivity contribution in [2.45, 2.75) is 56.6 Å². The summed E-state index contributed by atoms with van der Waals surface area (Å²) in [6.45, 7) is 3.73. The molecule has 0 bridgehead atoms. The van der Waals surface area contributed by atoms with E-state index in [0.717, 1.165) is 25.7 Å². The number of nitrogens with two attached hydrogens (primary N) is 1. The van der Waals surface area contributed by atoms with Crippen molar-refractivity contribution in [1.29, 1.82) is 0 Å². The molecule has 1 saturated carbocycles. The van der Waals surface area contributed by atoms with Crippen molar-refractivity contribution < 1.29 is 4.74 Å². The van der Waals surface area contributed by atoms with Crippen LogP contribution in [-0.2, 0) is 4.74 Å². The van der Waals surface area contributed by atoms with Crippen molar-refractivity contribution in [2.75, 3.05) is 7.11 Å². The molecule has 88 valence electrons. The molecule has 0 aromatic carbocycles. The van der Waals surface area contributed by atoms with Crippen molar-refractivity contribution in [3.63, 3.8) is 0 Å². The maximum Gasteiger partial charge on any atom is 0.0694 e. The number of methoxy groups -OCH3 is 1. The fourth-order valence-electron chi connectivity index (χ4n) is 2.26. The smallest absolute Gasteiger partial charge is 0.0694 e. The molecule has 0 aliphatic heterocycles. The van der Waals surface area contributed by atoms with E-state index in [0.29, 0.717) is 6.04 Å². The topological polar surface area (TPSA) is 47.3 Å². The fourth-order valence-corrected chi connectivity index (χ4v) is 2.26. The predicted octanol–water partition coefficient (Wildman–Crippen LogP) is 2.13. The van der Waals surface area contributed by atoms with Crippen LogP contribution < -0.4 is 11.3 Å². The molecule has 0 saturated heterocycles. The molecule has 3 nitrogen and oxygen atoms in total. The standard InChI is InChI=1S/C12H24N2O/c1-3-4-5-7-11(14-13)10-12(15-2)8-6-9-12/h3,11,14H,1,4-10,13H2,2H3. The molecule has 15 heavy (non-hydrogen) atoms. The zero-order chi connectivity index (χ0) is 11.1. The molecule has 0 aromatic heterocycles. The number of hydrogen-bond acceptors (Lipinski definition) is 3. The molecular weight excluding hydrogens is 188 g/mol. The Hall–Kier alpha value is -0.380. The van der Waals surface area contributed by atoms with Gasteiger partial charge in [-0.15, -0.1) is 6.58 Å². The van der Waals surface area contributed by atoms with Crippen molar-refractivity contribution in [3.8, 4) is 0 Å². The highest BCUT2D eigenvalue weighted by Gasteiger charge is 2.38. The van der Waals surface area contributed by atoms with Crippen LogP contribution in [0.15, 0.2) is 12.7 Å². The number of unbranched alkanes of at least 4 members (excludes halogenated alkanes) is 1. The first-order valence-electron chi connectivity index (χ1n) is 5.88. The lowest BCUT2D eigenvalue weighted by Gasteiger charge is -2.42. The molecule has 1 aliphatic rings. The molecule has 0 spiro atoms. The number of nitrogens with one attached hydrogen (secondary N) is 1. The quantitative estimate of drug-likeness (QED) is 0.280. The van der Waals surface area contributed by atoms with Crippen molar-refractivity contribution in [2.24, 2.45) is 5.84 Å². The van der Waals surface area contributed by atoms with E-state index in [1.165, 1.54) is 19.3 Å². The molecule has 1 rings (SSSR count). The van der Waals surface area contributed by atoms with Crippen molar-refractivity contribution in [3.05, 3.63) is 12.7 Å². The molecule has 1 atom stereocenters. The van der Waals surface area contributed by atoms with Crippen molar-refractivity contribution >= 4 is 0 Å². The van der Waals surface area contributed by atoms with Gasteiger partial charge in [-0.1, -0.05) is 6.08 Å². The summed E-state index contributed by atoms with van der Waals surface area (Å²) in [5.41, 5.74) is 3.02. The summed E-state index contributed by atoms with van der Waals surface area (Å²) in [5.74, 6) is 5.56. The van der Waals surface area contributed by atoms with Gasteiger partial charge in [0, 0.05) is 13.2 Å². The summed E-state index contributed by atoms with van der Waals surface area (Å²) in [4.78, 5) is 0. The lowest BCUT2D eigenvalue weighted by atomic mass is 9.75. The predicted molar refractivity (Wildman–Crippen MR) is 63.4 cm³/mol. The Morgan fingerprint density at radius 3 is 2.73 bits per heavy atom. The van der Waals surface area contributed by atoms with E-state index in [9.17, 15) is 0 Å². The van der Waals surface area contributed by atoms with Gasteiger partial charge in [-0.05, 0) is 44.9 Å². The van der Waals surface area contributed by atoms with Gasteiger partial charge in [0.05, 0.1) is 5.60 Å². The first-order chi connectivity index (χ1) is 7.26. The first kappa shape index (κ1) is 12.7. The highest BCUT2D eigenvalue weighted by Crippen LogP contribution is 2.39. The van der Waals surface area contributed by atoms with Crippen LogP contribution in [0.4, 0.5) is 0 Å². The van der Waals surface area contributed by atoms with Gasteiger partial charge >= 0.3 is 0 Å². The third-order valence-corrected chi connectivity index (χ3v) is 3.51. The largest absolute Gasteiger partial charge is 0.378 e. The Morgan fingerprint density at radius 2 is 2.33 bits per heavy atom. The van der Waals surface area contributed by atoms with Crippen molar-refractivity contribution in [1.82, 2.24) is 5.43 Å². The highest BCUT2D eigenvalue weighted by atomic mass is 16.5. The maximum atomic E-state index is 5.60. The Balaban J connectivity index is 2.28. The van der Waals surface area contributed by atoms with Gasteiger partial charge in [-0.3, -0.25) is 11.3 Å². The van der Waals surface area contributed by atoms with E-state index < -0.39 is 0 Å². The van der Waals surface area contributed by atoms with E-state index in [1.807, 2.05) is 13.2 Å². The minimum absolute atomic E-state index is 0.116. The Bertz CT molecular complexity index is 185. The second-order valence-electron chi connectivity index (χ2n) is 4.53. The van der Waals surface area contributed by atoms with E-state index in [-0.39, 0.29) is 5.60 Å². The number of hydrogen-bond donors (Lipinski definition) is 2. The lowest BCUT2D eigenvalue weighted by molar-refractivity contribution is -0.0839. The van der Waals surface area contributed by atoms with Gasteiger partial charge in [0.1, 0.15) is 0 Å². The van der Waals surface area contributed by atoms with Crippen LogP contribution in [-0.4, -0.2) is 18.8 Å². The zero-order valence-corrected chi connectivity index (χ0v) is 9.80. The molecule has 1 aliphatic carbocycles. The number of allylic oxidation sites excluding steroid dienone is 1. The zero-order valence-electron chi connectivity index (χ0n) is 9.80. The molecule has 1 unspecified atom stereocenters. The van der Waals surface area contributed by atoms with Crippen LogP contribution in [0.3, 0.4) is 0 Å². The van der Waals surface area contributed by atoms with Crippen LogP contribution in [0.25, 0.3) is 0 Å². The van der Waals surface area contributed by atoms with E-state index >= 15 is 0 Å². The average Bonchev–Trinajstić information content (AvgIpc) is 2.21. The molecule has 0 heterocycles. The highest BCUT2D eigenvalue weighted by molar-refractivity contribution is 4.92. The van der Waals surface area contributed by atoms with Gasteiger partial charge in [-0.2, -0.15) is 0 Å². The van der Waals surface area contributed by atoms with E-state index in [4.69, 9.17) is 10.6 Å². The monoisotopic (exact) mass is 212 g/mol. The second kappa shape index (κ2) is 6.26. The summed E-state index contributed by atoms with van der Waals surface area (Å²) in [6.07, 6.45) is 9.98. The molecular formula is C12H24N2O. The molecule has 0 radical (unpaired) electrons. The lowest BCUT2D eigenvalue weighted by Crippen LogP contribution is -2.47. The van der Waals surface area contributed by atoms with Crippen LogP contribution in [0.5, 0.6) is 0 Å². The summed E-state index contributed by atoms with van der Waals surface area (Å²) >= 11 is 0. The summed E-state index contributed by atoms with van der Waals surface area (Å²) in [5, 5.41) is 0. The second-order valence-corrected chi connectivity index (χ2v) is 4.53. The maximum absolute atomic E-state index is 5.60. The first-order valence-corrected chi connectivity index (χ1v) is 5.88. The Labute approximate surface area is 93.0 Å². The molecule has 1 fully saturated rings. The molecule has 0 amide bonds. The fraction of sp³-hybridized carbons (Fsp3) is 0.833. The van der Waals surface area contributed by atoms with E-state index in [2.05, 4.69) is 12.0 Å². The molecule has 0 aromatic rings. The average molecular weight is 212 g/mol. The van der Waals surface area contributed by atoms with Crippen LogP contribution in [0.2, 0.25) is 0 Å². The van der Waals surface area contributed by atoms with Gasteiger partial charge in [0.2, 0.25) is 0 Å². The summed E-state index contributed by atoms with van der Waals surface area (Å²) < 4.78 is 5.60. The molecule has 3 N–H and O–H groups in total. The van der Waals surface area contributed by atoms with Gasteiger partial charge in [0.15, 0.2) is 0 Å². The SMILES string of the molecule is C=CCCCC(CC1(OC)CCC1)NN. The third-order valence-electron chi connectivity index (χ3n) is 3.51. The van der Waals surface area contributed by atoms with Crippen LogP contribution in [0, 0.1) is 0 Å². The Morgan fingerprint density at radius 1 is 1.60 bits per heavy atom. The van der Waals surface area contributed by atoms with Gasteiger partial charge < -0.3 is 4.74 Å². The molecule has 3 heteroatoms. The van der Waals surface area contributed by atoms with Gasteiger partial charge in [-0.25, -0.2) is 0 Å². The summed E-state index contributed by atoms with van der Waals surface area (Å²) in [6, 6.07) is 0.380. The third kappa shape index (κ3) is 3.59. The van der Waals surface area contributed by atoms with E-state index in [1.54, 1.807) is 0 Å². The Kier molecular flexibility index (Phi) is 5.29. The number of rotatable bonds is 8.